The summed E-state index contributed by atoms with van der Waals surface area (Å²) in [5.74, 6) is -0.135. The molecule has 1 heterocycles. The average molecular weight is 248 g/mol. The number of ether oxygens (including phenoxy) is 1. The molecule has 1 aliphatic heterocycles. The van der Waals surface area contributed by atoms with Crippen molar-refractivity contribution in [3.8, 4) is 0 Å². The minimum absolute atomic E-state index is 0.0770. The number of nitrogens with one attached hydrogen (secondary N) is 1. The van der Waals surface area contributed by atoms with Crippen LogP contribution < -0.4 is 5.32 Å². The normalized spacial score (nSPS) is 15.8. The monoisotopic (exact) mass is 248 g/mol. The van der Waals surface area contributed by atoms with Crippen LogP contribution in [0.25, 0.3) is 0 Å². The summed E-state index contributed by atoms with van der Waals surface area (Å²) in [4.78, 5) is 24.5. The highest BCUT2D eigenvalue weighted by Gasteiger charge is 2.20. The molecule has 0 bridgehead atoms. The van der Waals surface area contributed by atoms with Crippen LogP contribution in [0.1, 0.15) is 12.0 Å². The van der Waals surface area contributed by atoms with E-state index in [1.807, 2.05) is 30.3 Å². The molecule has 0 saturated carbocycles. The van der Waals surface area contributed by atoms with E-state index in [0.717, 1.165) is 12.0 Å². The molecule has 96 valence electrons. The largest absolute Gasteiger partial charge is 0.445 e. The molecule has 0 radical (unpaired) electrons. The van der Waals surface area contributed by atoms with E-state index in [1.54, 1.807) is 0 Å². The summed E-state index contributed by atoms with van der Waals surface area (Å²) in [7, 11) is 0. The number of hydrogen-bond donors (Lipinski definition) is 1. The Kier molecular flexibility index (Phi) is 4.17. The third-order valence-electron chi connectivity index (χ3n) is 2.72. The highest BCUT2D eigenvalue weighted by molar-refractivity contribution is 5.82. The zero-order valence-corrected chi connectivity index (χ0v) is 10.1. The lowest BCUT2D eigenvalue weighted by molar-refractivity contribution is -0.121. The molecular formula is C13H16N2O3. The lowest BCUT2D eigenvalue weighted by Crippen LogP contribution is -2.37. The Morgan fingerprint density at radius 3 is 2.89 bits per heavy atom. The number of nitrogens with zero attached hydrogens (tertiary/aromatic N) is 1. The summed E-state index contributed by atoms with van der Waals surface area (Å²) in [6.07, 6.45) is 0.322. The molecular weight excluding hydrogens is 232 g/mol. The van der Waals surface area contributed by atoms with Gasteiger partial charge in [0.2, 0.25) is 5.91 Å². The van der Waals surface area contributed by atoms with E-state index in [1.165, 1.54) is 4.90 Å². The maximum absolute atomic E-state index is 11.8. The molecule has 1 aromatic carbocycles. The van der Waals surface area contributed by atoms with Crippen LogP contribution in [0.2, 0.25) is 0 Å². The van der Waals surface area contributed by atoms with Crippen molar-refractivity contribution in [1.29, 1.82) is 0 Å². The predicted octanol–water partition coefficient (Wildman–Crippen LogP) is 1.15. The Labute approximate surface area is 106 Å². The molecule has 0 spiro atoms. The van der Waals surface area contributed by atoms with E-state index in [4.69, 9.17) is 4.74 Å². The van der Waals surface area contributed by atoms with Gasteiger partial charge in [0.15, 0.2) is 0 Å². The van der Waals surface area contributed by atoms with Crippen molar-refractivity contribution in [3.63, 3.8) is 0 Å². The van der Waals surface area contributed by atoms with Crippen LogP contribution in [0.4, 0.5) is 4.79 Å². The molecule has 5 heteroatoms. The molecule has 1 aliphatic rings. The zero-order chi connectivity index (χ0) is 12.8. The molecule has 0 aromatic heterocycles. The topological polar surface area (TPSA) is 58.6 Å². The SMILES string of the molecule is O=C1CN(C(=O)OCc2ccccc2)CCCN1. The van der Waals surface area contributed by atoms with Crippen molar-refractivity contribution in [2.45, 2.75) is 13.0 Å². The third kappa shape index (κ3) is 3.48. The summed E-state index contributed by atoms with van der Waals surface area (Å²) in [6, 6.07) is 9.47. The van der Waals surface area contributed by atoms with Crippen LogP contribution in [-0.2, 0) is 16.1 Å². The Morgan fingerprint density at radius 2 is 2.11 bits per heavy atom. The maximum Gasteiger partial charge on any atom is 0.410 e. The quantitative estimate of drug-likeness (QED) is 0.854. The van der Waals surface area contributed by atoms with Crippen LogP contribution in [-0.4, -0.2) is 36.5 Å². The fourth-order valence-electron chi connectivity index (χ4n) is 1.77. The lowest BCUT2D eigenvalue weighted by atomic mass is 10.2. The van der Waals surface area contributed by atoms with Crippen molar-refractivity contribution < 1.29 is 14.3 Å². The Bertz CT molecular complexity index is 420. The second-order valence-electron chi connectivity index (χ2n) is 4.17. The van der Waals surface area contributed by atoms with Gasteiger partial charge >= 0.3 is 6.09 Å². The van der Waals surface area contributed by atoms with Gasteiger partial charge in [-0.3, -0.25) is 9.69 Å². The van der Waals surface area contributed by atoms with Crippen LogP contribution >= 0.6 is 0 Å². The highest BCUT2D eigenvalue weighted by Crippen LogP contribution is 2.04. The first-order chi connectivity index (χ1) is 8.75. The Hall–Kier alpha value is -2.04. The van der Waals surface area contributed by atoms with Gasteiger partial charge in [-0.15, -0.1) is 0 Å². The van der Waals surface area contributed by atoms with Gasteiger partial charge in [0.05, 0.1) is 0 Å². The van der Waals surface area contributed by atoms with E-state index >= 15 is 0 Å². The van der Waals surface area contributed by atoms with Crippen molar-refractivity contribution in [1.82, 2.24) is 10.2 Å². The number of rotatable bonds is 2. The van der Waals surface area contributed by atoms with Gasteiger partial charge in [0, 0.05) is 13.1 Å². The number of benzene rings is 1. The Balaban J connectivity index is 1.85. The molecule has 1 aromatic rings. The fraction of sp³-hybridized carbons (Fsp3) is 0.385. The summed E-state index contributed by atoms with van der Waals surface area (Å²) < 4.78 is 5.18. The molecule has 1 fully saturated rings. The summed E-state index contributed by atoms with van der Waals surface area (Å²) in [5, 5.41) is 2.71. The molecule has 2 rings (SSSR count). The summed E-state index contributed by atoms with van der Waals surface area (Å²) in [5.41, 5.74) is 0.935. The van der Waals surface area contributed by atoms with Crippen LogP contribution in [0.3, 0.4) is 0 Å². The Morgan fingerprint density at radius 1 is 1.33 bits per heavy atom. The molecule has 18 heavy (non-hydrogen) atoms. The van der Waals surface area contributed by atoms with Crippen LogP contribution in [0.15, 0.2) is 30.3 Å². The first-order valence-electron chi connectivity index (χ1n) is 5.98. The van der Waals surface area contributed by atoms with Crippen molar-refractivity contribution >= 4 is 12.0 Å². The molecule has 0 aliphatic carbocycles. The second kappa shape index (κ2) is 6.05. The van der Waals surface area contributed by atoms with Crippen molar-refractivity contribution in [3.05, 3.63) is 35.9 Å². The highest BCUT2D eigenvalue weighted by atomic mass is 16.6. The smallest absolute Gasteiger partial charge is 0.410 e. The molecule has 0 unspecified atom stereocenters. The molecule has 5 nitrogen and oxygen atoms in total. The standard InChI is InChI=1S/C13H16N2O3/c16-12-9-15(8-4-7-14-12)13(17)18-10-11-5-2-1-3-6-11/h1-3,5-6H,4,7-10H2,(H,14,16). The fourth-order valence-corrected chi connectivity index (χ4v) is 1.77. The number of carbonyl (C=O) groups is 2. The van der Waals surface area contributed by atoms with Gasteiger partial charge < -0.3 is 10.1 Å². The van der Waals surface area contributed by atoms with E-state index in [0.29, 0.717) is 13.1 Å². The molecule has 1 N–H and O–H groups in total. The first kappa shape index (κ1) is 12.4. The van der Waals surface area contributed by atoms with E-state index < -0.39 is 6.09 Å². The minimum Gasteiger partial charge on any atom is -0.445 e. The number of amides is 2. The van der Waals surface area contributed by atoms with E-state index in [2.05, 4.69) is 5.32 Å². The van der Waals surface area contributed by atoms with Crippen LogP contribution in [0.5, 0.6) is 0 Å². The second-order valence-corrected chi connectivity index (χ2v) is 4.17. The van der Waals surface area contributed by atoms with Gasteiger partial charge in [0.25, 0.3) is 0 Å². The first-order valence-corrected chi connectivity index (χ1v) is 5.98. The molecule has 0 atom stereocenters. The van der Waals surface area contributed by atoms with Crippen molar-refractivity contribution in [2.24, 2.45) is 0 Å². The lowest BCUT2D eigenvalue weighted by Gasteiger charge is -2.18. The van der Waals surface area contributed by atoms with Gasteiger partial charge in [-0.2, -0.15) is 0 Å². The van der Waals surface area contributed by atoms with Crippen molar-refractivity contribution in [2.75, 3.05) is 19.6 Å². The van der Waals surface area contributed by atoms with Gasteiger partial charge in [-0.25, -0.2) is 4.79 Å². The van der Waals surface area contributed by atoms with Gasteiger partial charge in [-0.1, -0.05) is 30.3 Å². The average Bonchev–Trinajstić information content (AvgIpc) is 2.62. The van der Waals surface area contributed by atoms with Gasteiger partial charge in [-0.05, 0) is 12.0 Å². The maximum atomic E-state index is 11.8. The predicted molar refractivity (Wildman–Crippen MR) is 65.8 cm³/mol. The van der Waals surface area contributed by atoms with E-state index in [-0.39, 0.29) is 19.1 Å². The van der Waals surface area contributed by atoms with E-state index in [9.17, 15) is 9.59 Å². The molecule has 2 amide bonds. The third-order valence-corrected chi connectivity index (χ3v) is 2.72. The van der Waals surface area contributed by atoms with Gasteiger partial charge in [0.1, 0.15) is 13.2 Å². The summed E-state index contributed by atoms with van der Waals surface area (Å²) in [6.45, 7) is 1.47. The zero-order valence-electron chi connectivity index (χ0n) is 10.1. The molecule has 1 saturated heterocycles. The van der Waals surface area contributed by atoms with Crippen LogP contribution in [0, 0.1) is 0 Å². The minimum atomic E-state index is -0.434. The number of carbonyl (C=O) groups excluding carboxylic acids is 2. The summed E-state index contributed by atoms with van der Waals surface area (Å²) >= 11 is 0. The number of hydrogen-bond acceptors (Lipinski definition) is 3.